The first kappa shape index (κ1) is 20.0. The van der Waals surface area contributed by atoms with E-state index in [0.717, 1.165) is 22.4 Å². The molecule has 26 heavy (non-hydrogen) atoms. The highest BCUT2D eigenvalue weighted by Gasteiger charge is 2.25. The zero-order valence-corrected chi connectivity index (χ0v) is 16.1. The lowest BCUT2D eigenvalue weighted by atomic mass is 9.92. The molecule has 0 aliphatic carbocycles. The van der Waals surface area contributed by atoms with Crippen LogP contribution in [0.2, 0.25) is 0 Å². The average Bonchev–Trinajstić information content (AvgIpc) is 2.64. The van der Waals surface area contributed by atoms with Gasteiger partial charge in [-0.05, 0) is 28.5 Å². The van der Waals surface area contributed by atoms with Crippen LogP contribution in [0.25, 0.3) is 0 Å². The molecule has 0 heterocycles. The topological polar surface area (TPSA) is 49.8 Å². The molecule has 140 valence electrons. The SMILES string of the molecule is CC(C)c1cccc(C(C)C)c1N(CCO)C(=O)OCc1ccccc1. The second kappa shape index (κ2) is 9.39. The number of hydrogen-bond donors (Lipinski definition) is 1. The number of rotatable bonds is 7. The van der Waals surface area contributed by atoms with Crippen LogP contribution in [0.3, 0.4) is 0 Å². The molecular formula is C22H29NO3. The Labute approximate surface area is 156 Å². The van der Waals surface area contributed by atoms with Crippen molar-refractivity contribution in [1.82, 2.24) is 0 Å². The molecule has 0 fully saturated rings. The number of ether oxygens (including phenoxy) is 1. The lowest BCUT2D eigenvalue weighted by molar-refractivity contribution is 0.145. The maximum absolute atomic E-state index is 12.8. The highest BCUT2D eigenvalue weighted by atomic mass is 16.6. The second-order valence-corrected chi connectivity index (χ2v) is 7.01. The van der Waals surface area contributed by atoms with E-state index in [9.17, 15) is 9.90 Å². The molecule has 0 unspecified atom stereocenters. The summed E-state index contributed by atoms with van der Waals surface area (Å²) in [6, 6.07) is 15.7. The maximum Gasteiger partial charge on any atom is 0.414 e. The minimum absolute atomic E-state index is 0.121. The molecule has 0 saturated heterocycles. The fourth-order valence-corrected chi connectivity index (χ4v) is 3.02. The predicted molar refractivity (Wildman–Crippen MR) is 106 cm³/mol. The highest BCUT2D eigenvalue weighted by molar-refractivity contribution is 5.90. The molecule has 0 aliphatic rings. The number of carbonyl (C=O) groups excluding carboxylic acids is 1. The summed E-state index contributed by atoms with van der Waals surface area (Å²) in [5, 5.41) is 9.54. The number of hydrogen-bond acceptors (Lipinski definition) is 3. The number of aliphatic hydroxyl groups is 1. The van der Waals surface area contributed by atoms with E-state index in [1.165, 1.54) is 0 Å². The summed E-state index contributed by atoms with van der Waals surface area (Å²) < 4.78 is 5.54. The predicted octanol–water partition coefficient (Wildman–Crippen LogP) is 5.07. The van der Waals surface area contributed by atoms with Crippen LogP contribution in [0.4, 0.5) is 10.5 Å². The molecule has 0 aromatic heterocycles. The van der Waals surface area contributed by atoms with Gasteiger partial charge in [0, 0.05) is 0 Å². The van der Waals surface area contributed by atoms with Crippen LogP contribution in [-0.4, -0.2) is 24.4 Å². The Morgan fingerprint density at radius 1 is 0.962 bits per heavy atom. The van der Waals surface area contributed by atoms with Crippen LogP contribution in [0.1, 0.15) is 56.2 Å². The van der Waals surface area contributed by atoms with Gasteiger partial charge in [0.05, 0.1) is 18.8 Å². The Morgan fingerprint density at radius 3 is 2.04 bits per heavy atom. The van der Waals surface area contributed by atoms with Gasteiger partial charge in [-0.25, -0.2) is 4.79 Å². The minimum Gasteiger partial charge on any atom is -0.444 e. The van der Waals surface area contributed by atoms with Crippen LogP contribution in [-0.2, 0) is 11.3 Å². The first-order valence-corrected chi connectivity index (χ1v) is 9.17. The summed E-state index contributed by atoms with van der Waals surface area (Å²) in [6.07, 6.45) is -0.432. The monoisotopic (exact) mass is 355 g/mol. The number of carbonyl (C=O) groups is 1. The number of nitrogens with zero attached hydrogens (tertiary/aromatic N) is 1. The summed E-state index contributed by atoms with van der Waals surface area (Å²) in [6.45, 7) is 8.72. The first-order valence-electron chi connectivity index (χ1n) is 9.17. The van der Waals surface area contributed by atoms with Crippen LogP contribution < -0.4 is 4.90 Å². The third-order valence-corrected chi connectivity index (χ3v) is 4.36. The number of aliphatic hydroxyl groups excluding tert-OH is 1. The van der Waals surface area contributed by atoms with Crippen molar-refractivity contribution in [2.75, 3.05) is 18.1 Å². The summed E-state index contributed by atoms with van der Waals surface area (Å²) in [5.74, 6) is 0.513. The Balaban J connectivity index is 2.35. The standard InChI is InChI=1S/C22H29NO3/c1-16(2)19-11-8-12-20(17(3)4)21(19)23(13-14-24)22(25)26-15-18-9-6-5-7-10-18/h5-12,16-17,24H,13-15H2,1-4H3. The number of para-hydroxylation sites is 1. The lowest BCUT2D eigenvalue weighted by Crippen LogP contribution is -2.35. The van der Waals surface area contributed by atoms with Gasteiger partial charge in [0.25, 0.3) is 0 Å². The first-order chi connectivity index (χ1) is 12.5. The van der Waals surface area contributed by atoms with Gasteiger partial charge in [-0.2, -0.15) is 0 Å². The largest absolute Gasteiger partial charge is 0.444 e. The van der Waals surface area contributed by atoms with E-state index < -0.39 is 6.09 Å². The molecular weight excluding hydrogens is 326 g/mol. The quantitative estimate of drug-likeness (QED) is 0.754. The molecule has 4 heteroatoms. The number of amides is 1. The van der Waals surface area contributed by atoms with Crippen molar-refractivity contribution in [2.24, 2.45) is 0 Å². The summed E-state index contributed by atoms with van der Waals surface area (Å²) in [5.41, 5.74) is 3.97. The molecule has 0 spiro atoms. The average molecular weight is 355 g/mol. The van der Waals surface area contributed by atoms with Crippen LogP contribution in [0, 0.1) is 0 Å². The van der Waals surface area contributed by atoms with Crippen molar-refractivity contribution in [3.05, 3.63) is 65.2 Å². The van der Waals surface area contributed by atoms with Gasteiger partial charge in [0.1, 0.15) is 6.61 Å². The van der Waals surface area contributed by atoms with Gasteiger partial charge in [-0.1, -0.05) is 76.2 Å². The van der Waals surface area contributed by atoms with Gasteiger partial charge in [-0.3, -0.25) is 4.90 Å². The molecule has 2 aromatic rings. The summed E-state index contributed by atoms with van der Waals surface area (Å²) in [4.78, 5) is 14.4. The minimum atomic E-state index is -0.432. The Kier molecular flexibility index (Phi) is 7.22. The fraction of sp³-hybridized carbons (Fsp3) is 0.409. The van der Waals surface area contributed by atoms with Crippen LogP contribution in [0.5, 0.6) is 0 Å². The Hall–Kier alpha value is -2.33. The molecule has 0 radical (unpaired) electrons. The van der Waals surface area contributed by atoms with E-state index >= 15 is 0 Å². The van der Waals surface area contributed by atoms with Crippen molar-refractivity contribution < 1.29 is 14.6 Å². The van der Waals surface area contributed by atoms with Crippen molar-refractivity contribution in [3.8, 4) is 0 Å². The van der Waals surface area contributed by atoms with Gasteiger partial charge >= 0.3 is 6.09 Å². The summed E-state index contributed by atoms with van der Waals surface area (Å²) in [7, 11) is 0. The number of benzene rings is 2. The van der Waals surface area contributed by atoms with Gasteiger partial charge in [0.15, 0.2) is 0 Å². The van der Waals surface area contributed by atoms with E-state index in [1.54, 1.807) is 4.90 Å². The Morgan fingerprint density at radius 2 is 1.54 bits per heavy atom. The van der Waals surface area contributed by atoms with Gasteiger partial charge in [0.2, 0.25) is 0 Å². The fourth-order valence-electron chi connectivity index (χ4n) is 3.02. The zero-order chi connectivity index (χ0) is 19.1. The molecule has 2 rings (SSSR count). The van der Waals surface area contributed by atoms with Crippen molar-refractivity contribution in [1.29, 1.82) is 0 Å². The normalized spacial score (nSPS) is 11.0. The molecule has 4 nitrogen and oxygen atoms in total. The van der Waals surface area contributed by atoms with Crippen molar-refractivity contribution in [3.63, 3.8) is 0 Å². The molecule has 2 aromatic carbocycles. The van der Waals surface area contributed by atoms with Crippen molar-refractivity contribution >= 4 is 11.8 Å². The van der Waals surface area contributed by atoms with Gasteiger partial charge in [-0.15, -0.1) is 0 Å². The molecule has 1 N–H and O–H groups in total. The van der Waals surface area contributed by atoms with E-state index in [2.05, 4.69) is 27.7 Å². The lowest BCUT2D eigenvalue weighted by Gasteiger charge is -2.29. The van der Waals surface area contributed by atoms with E-state index in [4.69, 9.17) is 4.74 Å². The molecule has 0 atom stereocenters. The number of anilines is 1. The van der Waals surface area contributed by atoms with E-state index in [-0.39, 0.29) is 31.6 Å². The zero-order valence-electron chi connectivity index (χ0n) is 16.1. The molecule has 0 aliphatic heterocycles. The van der Waals surface area contributed by atoms with E-state index in [0.29, 0.717) is 0 Å². The third-order valence-electron chi connectivity index (χ3n) is 4.36. The molecule has 0 bridgehead atoms. The Bertz CT molecular complexity index is 684. The van der Waals surface area contributed by atoms with Gasteiger partial charge < -0.3 is 9.84 Å². The molecule has 1 amide bonds. The second-order valence-electron chi connectivity index (χ2n) is 7.01. The van der Waals surface area contributed by atoms with Crippen LogP contribution in [0.15, 0.2) is 48.5 Å². The van der Waals surface area contributed by atoms with E-state index in [1.807, 2.05) is 48.5 Å². The summed E-state index contributed by atoms with van der Waals surface area (Å²) >= 11 is 0. The van der Waals surface area contributed by atoms with Crippen molar-refractivity contribution in [2.45, 2.75) is 46.1 Å². The molecule has 0 saturated carbocycles. The highest BCUT2D eigenvalue weighted by Crippen LogP contribution is 2.35. The smallest absolute Gasteiger partial charge is 0.414 e. The van der Waals surface area contributed by atoms with Crippen LogP contribution >= 0.6 is 0 Å². The maximum atomic E-state index is 12.8. The third kappa shape index (κ3) is 4.85.